The molecule has 0 saturated carbocycles. The van der Waals surface area contributed by atoms with Crippen LogP contribution in [0.2, 0.25) is 5.02 Å². The van der Waals surface area contributed by atoms with E-state index in [9.17, 15) is 14.4 Å². The number of ether oxygens (including phenoxy) is 2. The van der Waals surface area contributed by atoms with Gasteiger partial charge in [0.2, 0.25) is 5.91 Å². The molecule has 1 aromatic carbocycles. The molecule has 1 aromatic heterocycles. The standard InChI is InChI=1S/C19H18ClN3O5/c20-13-3-8-16(21-10-13)22-17(24)11-28-19(26)12-27-15-6-4-14(5-7-15)23-9-1-2-18(23)25/h3-8,10H,1-2,9,11-12H2,(H,21,22,24). The molecule has 0 unspecified atom stereocenters. The third-order valence-corrected chi connectivity index (χ3v) is 4.16. The molecule has 8 nitrogen and oxygen atoms in total. The van der Waals surface area contributed by atoms with Crippen molar-refractivity contribution < 1.29 is 23.9 Å². The van der Waals surface area contributed by atoms with Gasteiger partial charge in [0.05, 0.1) is 5.02 Å². The van der Waals surface area contributed by atoms with Gasteiger partial charge in [0.25, 0.3) is 5.91 Å². The Kier molecular flexibility index (Phi) is 6.44. The molecular weight excluding hydrogens is 386 g/mol. The number of rotatable bonds is 7. The average Bonchev–Trinajstić information content (AvgIpc) is 3.13. The van der Waals surface area contributed by atoms with Crippen LogP contribution in [0.5, 0.6) is 5.75 Å². The van der Waals surface area contributed by atoms with Crippen molar-refractivity contribution >= 4 is 40.9 Å². The summed E-state index contributed by atoms with van der Waals surface area (Å²) in [4.78, 5) is 40.8. The minimum Gasteiger partial charge on any atom is -0.482 e. The van der Waals surface area contributed by atoms with Gasteiger partial charge in [-0.3, -0.25) is 9.59 Å². The maximum Gasteiger partial charge on any atom is 0.344 e. The van der Waals surface area contributed by atoms with Crippen molar-refractivity contribution in [2.45, 2.75) is 12.8 Å². The maximum absolute atomic E-state index is 11.7. The van der Waals surface area contributed by atoms with Gasteiger partial charge in [0, 0.05) is 24.8 Å². The molecule has 2 amide bonds. The van der Waals surface area contributed by atoms with Crippen LogP contribution < -0.4 is 15.0 Å². The fourth-order valence-electron chi connectivity index (χ4n) is 2.60. The highest BCUT2D eigenvalue weighted by molar-refractivity contribution is 6.30. The molecule has 0 spiro atoms. The molecule has 0 bridgehead atoms. The predicted molar refractivity (Wildman–Crippen MR) is 102 cm³/mol. The Morgan fingerprint density at radius 3 is 2.57 bits per heavy atom. The third-order valence-electron chi connectivity index (χ3n) is 3.94. The highest BCUT2D eigenvalue weighted by Gasteiger charge is 2.21. The monoisotopic (exact) mass is 403 g/mol. The largest absolute Gasteiger partial charge is 0.482 e. The molecule has 1 fully saturated rings. The van der Waals surface area contributed by atoms with Crippen LogP contribution in [0.3, 0.4) is 0 Å². The summed E-state index contributed by atoms with van der Waals surface area (Å²) in [6.07, 6.45) is 2.80. The summed E-state index contributed by atoms with van der Waals surface area (Å²) in [6, 6.07) is 9.98. The van der Waals surface area contributed by atoms with Crippen LogP contribution in [0.4, 0.5) is 11.5 Å². The average molecular weight is 404 g/mol. The lowest BCUT2D eigenvalue weighted by Gasteiger charge is -2.16. The van der Waals surface area contributed by atoms with Gasteiger partial charge in [-0.1, -0.05) is 11.6 Å². The Morgan fingerprint density at radius 2 is 1.93 bits per heavy atom. The molecule has 2 heterocycles. The first-order chi connectivity index (χ1) is 13.5. The van der Waals surface area contributed by atoms with E-state index in [2.05, 4.69) is 10.3 Å². The zero-order valence-electron chi connectivity index (χ0n) is 14.9. The van der Waals surface area contributed by atoms with E-state index < -0.39 is 18.5 Å². The third kappa shape index (κ3) is 5.43. The van der Waals surface area contributed by atoms with Crippen molar-refractivity contribution in [3.63, 3.8) is 0 Å². The first-order valence-corrected chi connectivity index (χ1v) is 8.99. The summed E-state index contributed by atoms with van der Waals surface area (Å²) < 4.78 is 10.2. The summed E-state index contributed by atoms with van der Waals surface area (Å²) in [7, 11) is 0. The maximum atomic E-state index is 11.7. The van der Waals surface area contributed by atoms with Gasteiger partial charge in [0.15, 0.2) is 13.2 Å². The fourth-order valence-corrected chi connectivity index (χ4v) is 2.71. The van der Waals surface area contributed by atoms with Gasteiger partial charge in [0.1, 0.15) is 11.6 Å². The molecule has 0 aliphatic carbocycles. The van der Waals surface area contributed by atoms with E-state index in [1.54, 1.807) is 35.2 Å². The van der Waals surface area contributed by atoms with E-state index in [-0.39, 0.29) is 12.5 Å². The Hall–Kier alpha value is -3.13. The molecule has 146 valence electrons. The summed E-state index contributed by atoms with van der Waals surface area (Å²) in [5.74, 6) is -0.342. The number of halogens is 1. The minimum absolute atomic E-state index is 0.101. The van der Waals surface area contributed by atoms with Gasteiger partial charge in [-0.15, -0.1) is 0 Å². The van der Waals surface area contributed by atoms with Crippen LogP contribution >= 0.6 is 11.6 Å². The second-order valence-electron chi connectivity index (χ2n) is 6.00. The van der Waals surface area contributed by atoms with Crippen LogP contribution in [0.25, 0.3) is 0 Å². The van der Waals surface area contributed by atoms with Crippen LogP contribution in [-0.2, 0) is 19.1 Å². The summed E-state index contributed by atoms with van der Waals surface area (Å²) in [5.41, 5.74) is 0.796. The van der Waals surface area contributed by atoms with Gasteiger partial charge in [-0.05, 0) is 42.8 Å². The SMILES string of the molecule is O=C(COC(=O)COc1ccc(N2CCCC2=O)cc1)Nc1ccc(Cl)cn1. The number of pyridine rings is 1. The number of aromatic nitrogens is 1. The Bertz CT molecular complexity index is 855. The minimum atomic E-state index is -0.682. The lowest BCUT2D eigenvalue weighted by molar-refractivity contribution is -0.149. The molecule has 1 aliphatic heterocycles. The van der Waals surface area contributed by atoms with E-state index in [0.717, 1.165) is 12.1 Å². The smallest absolute Gasteiger partial charge is 0.344 e. The molecule has 3 rings (SSSR count). The molecule has 1 aliphatic rings. The van der Waals surface area contributed by atoms with Gasteiger partial charge in [-0.25, -0.2) is 9.78 Å². The zero-order chi connectivity index (χ0) is 19.9. The molecule has 2 aromatic rings. The quantitative estimate of drug-likeness (QED) is 0.713. The van der Waals surface area contributed by atoms with Crippen LogP contribution in [0.15, 0.2) is 42.6 Å². The van der Waals surface area contributed by atoms with E-state index >= 15 is 0 Å². The lowest BCUT2D eigenvalue weighted by Crippen LogP contribution is -2.24. The number of anilines is 2. The number of carbonyl (C=O) groups excluding carboxylic acids is 3. The van der Waals surface area contributed by atoms with E-state index in [1.807, 2.05) is 0 Å². The van der Waals surface area contributed by atoms with Crippen molar-refractivity contribution in [3.8, 4) is 5.75 Å². The van der Waals surface area contributed by atoms with E-state index in [4.69, 9.17) is 21.1 Å². The van der Waals surface area contributed by atoms with Crippen LogP contribution in [0.1, 0.15) is 12.8 Å². The molecule has 28 heavy (non-hydrogen) atoms. The molecule has 1 saturated heterocycles. The Morgan fingerprint density at radius 1 is 1.14 bits per heavy atom. The number of esters is 1. The van der Waals surface area contributed by atoms with Crippen molar-refractivity contribution in [2.75, 3.05) is 30.0 Å². The number of nitrogens with one attached hydrogen (secondary N) is 1. The van der Waals surface area contributed by atoms with E-state index in [0.29, 0.717) is 29.6 Å². The highest BCUT2D eigenvalue weighted by atomic mass is 35.5. The van der Waals surface area contributed by atoms with Crippen molar-refractivity contribution in [3.05, 3.63) is 47.6 Å². The first kappa shape index (κ1) is 19.6. The summed E-state index contributed by atoms with van der Waals surface area (Å²) in [6.45, 7) is -0.0874. The number of nitrogens with zero attached hydrogens (tertiary/aromatic N) is 2. The number of hydrogen-bond acceptors (Lipinski definition) is 6. The Balaban J connectivity index is 1.39. The van der Waals surface area contributed by atoms with E-state index in [1.165, 1.54) is 12.3 Å². The molecule has 0 radical (unpaired) electrons. The zero-order valence-corrected chi connectivity index (χ0v) is 15.6. The van der Waals surface area contributed by atoms with Crippen molar-refractivity contribution in [2.24, 2.45) is 0 Å². The van der Waals surface area contributed by atoms with Crippen LogP contribution in [0, 0.1) is 0 Å². The normalized spacial score (nSPS) is 13.3. The number of carbonyl (C=O) groups is 3. The molecular formula is C19H18ClN3O5. The molecule has 9 heteroatoms. The van der Waals surface area contributed by atoms with Gasteiger partial charge >= 0.3 is 5.97 Å². The Labute approximate surface area is 166 Å². The first-order valence-electron chi connectivity index (χ1n) is 8.61. The highest BCUT2D eigenvalue weighted by Crippen LogP contribution is 2.23. The van der Waals surface area contributed by atoms with Crippen LogP contribution in [-0.4, -0.2) is 42.5 Å². The predicted octanol–water partition coefficient (Wildman–Crippen LogP) is 2.42. The number of benzene rings is 1. The summed E-state index contributed by atoms with van der Waals surface area (Å²) in [5, 5.41) is 2.92. The number of amides is 2. The molecule has 0 atom stereocenters. The second-order valence-corrected chi connectivity index (χ2v) is 6.44. The topological polar surface area (TPSA) is 97.8 Å². The second kappa shape index (κ2) is 9.18. The summed E-state index contributed by atoms with van der Waals surface area (Å²) >= 11 is 5.71. The van der Waals surface area contributed by atoms with Gasteiger partial charge in [-0.2, -0.15) is 0 Å². The molecule has 1 N–H and O–H groups in total. The lowest BCUT2D eigenvalue weighted by atomic mass is 10.3. The number of hydrogen-bond donors (Lipinski definition) is 1. The van der Waals surface area contributed by atoms with Crippen molar-refractivity contribution in [1.29, 1.82) is 0 Å². The fraction of sp³-hybridized carbons (Fsp3) is 0.263. The van der Waals surface area contributed by atoms with Crippen molar-refractivity contribution in [1.82, 2.24) is 4.98 Å². The van der Waals surface area contributed by atoms with Gasteiger partial charge < -0.3 is 19.7 Å².